The minimum absolute atomic E-state index is 0.0167. The Kier molecular flexibility index (Phi) is 13.1. The molecule has 0 spiro atoms. The molecule has 2 aromatic carbocycles. The molecule has 0 bridgehead atoms. The standard InChI is InChI=1S/C46H57ClN4O12/c1-23(2)24(3)25(4)29-16-26(12-14-50(19-29)21-36-49-32-9-6-27(43(55)56)17-33(32)51(36)20-31-13-15-59-31)37-28(22-60-45-40(54)38(52)39(53)42(61-45)44(57)58)7-10-34-41(37)63-46(5,62-34)35-11-8-30(47)18-48-35/h6-11,17-18,23-26,29,31,38-40,42,45,52-54H,12-16,19-22H2,1-5H3,(H,55,56)(H,57,58)/t24-,25-,26?,29?,31?,38-,39-,40+,42-,45+,46-/m0/s1. The van der Waals surface area contributed by atoms with Gasteiger partial charge in [-0.25, -0.2) is 14.6 Å². The molecule has 0 radical (unpaired) electrons. The second-order valence-corrected chi connectivity index (χ2v) is 18.6. The number of carboxylic acids is 2. The first-order chi connectivity index (χ1) is 30.0. The molecule has 0 saturated carbocycles. The fourth-order valence-corrected chi connectivity index (χ4v) is 9.63. The van der Waals surface area contributed by atoms with Crippen molar-refractivity contribution < 1.29 is 58.8 Å². The summed E-state index contributed by atoms with van der Waals surface area (Å²) in [4.78, 5) is 36.0. The molecule has 11 atom stereocenters. The quantitative estimate of drug-likeness (QED) is 0.105. The highest BCUT2D eigenvalue weighted by Gasteiger charge is 2.48. The number of aliphatic hydroxyl groups excluding tert-OH is 3. The third-order valence-electron chi connectivity index (χ3n) is 13.8. The van der Waals surface area contributed by atoms with Crippen LogP contribution in [-0.2, 0) is 44.5 Å². The van der Waals surface area contributed by atoms with E-state index in [1.807, 2.05) is 6.07 Å². The Morgan fingerprint density at radius 2 is 1.78 bits per heavy atom. The van der Waals surface area contributed by atoms with E-state index in [-0.39, 0.29) is 36.0 Å². The van der Waals surface area contributed by atoms with Gasteiger partial charge in [-0.05, 0) is 97.4 Å². The molecule has 0 aliphatic carbocycles. The van der Waals surface area contributed by atoms with Crippen molar-refractivity contribution >= 4 is 34.6 Å². The number of benzene rings is 2. The molecule has 4 aromatic rings. The first-order valence-corrected chi connectivity index (χ1v) is 22.1. The Hall–Kier alpha value is -4.39. The lowest BCUT2D eigenvalue weighted by molar-refractivity contribution is -0.297. The minimum Gasteiger partial charge on any atom is -0.479 e. The van der Waals surface area contributed by atoms with Crippen molar-refractivity contribution in [2.24, 2.45) is 23.7 Å². The number of aromatic nitrogens is 3. The summed E-state index contributed by atoms with van der Waals surface area (Å²) in [7, 11) is 0. The zero-order chi connectivity index (χ0) is 44.9. The zero-order valence-electron chi connectivity index (χ0n) is 36.1. The molecule has 4 aliphatic heterocycles. The van der Waals surface area contributed by atoms with E-state index in [0.29, 0.717) is 72.3 Å². The Balaban J connectivity index is 1.16. The predicted molar refractivity (Wildman–Crippen MR) is 228 cm³/mol. The fraction of sp³-hybridized carbons (Fsp3) is 0.565. The monoisotopic (exact) mass is 892 g/mol. The molecule has 6 heterocycles. The van der Waals surface area contributed by atoms with Crippen molar-refractivity contribution in [1.82, 2.24) is 19.4 Å². The van der Waals surface area contributed by atoms with E-state index in [1.165, 1.54) is 6.20 Å². The van der Waals surface area contributed by atoms with E-state index in [4.69, 9.17) is 40.3 Å². The number of ether oxygens (including phenoxy) is 5. The van der Waals surface area contributed by atoms with Crippen LogP contribution < -0.4 is 9.47 Å². The number of rotatable bonds is 14. The second kappa shape index (κ2) is 18.2. The third kappa shape index (κ3) is 9.14. The number of aromatic carboxylic acids is 1. The van der Waals surface area contributed by atoms with Gasteiger partial charge >= 0.3 is 11.9 Å². The lowest BCUT2D eigenvalue weighted by atomic mass is 9.73. The first kappa shape index (κ1) is 45.2. The van der Waals surface area contributed by atoms with Crippen LogP contribution in [0.15, 0.2) is 48.7 Å². The van der Waals surface area contributed by atoms with Crippen molar-refractivity contribution in [3.05, 3.63) is 81.9 Å². The van der Waals surface area contributed by atoms with Crippen molar-refractivity contribution in [2.75, 3.05) is 19.7 Å². The molecule has 0 amide bonds. The number of halogens is 1. The molecular formula is C46H57ClN4O12. The van der Waals surface area contributed by atoms with Gasteiger partial charge in [0.1, 0.15) is 29.8 Å². The topological polar surface area (TPSA) is 215 Å². The number of nitrogens with zero attached hydrogens (tertiary/aromatic N) is 4. The summed E-state index contributed by atoms with van der Waals surface area (Å²) in [6.45, 7) is 13.9. The number of imidazole rings is 1. The predicted octanol–water partition coefficient (Wildman–Crippen LogP) is 5.55. The zero-order valence-corrected chi connectivity index (χ0v) is 36.9. The molecule has 5 N–H and O–H groups in total. The number of hydrogen-bond donors (Lipinski definition) is 5. The number of carbonyl (C=O) groups is 2. The lowest BCUT2D eigenvalue weighted by Gasteiger charge is -2.38. The molecule has 340 valence electrons. The van der Waals surface area contributed by atoms with Gasteiger partial charge in [-0.3, -0.25) is 9.88 Å². The number of carboxylic acid groups (broad SMARTS) is 2. The van der Waals surface area contributed by atoms with Crippen molar-refractivity contribution in [3.63, 3.8) is 0 Å². The second-order valence-electron chi connectivity index (χ2n) is 18.1. The van der Waals surface area contributed by atoms with Crippen LogP contribution in [0.4, 0.5) is 0 Å². The fourth-order valence-electron chi connectivity index (χ4n) is 9.52. The van der Waals surface area contributed by atoms with Crippen LogP contribution >= 0.6 is 11.6 Å². The van der Waals surface area contributed by atoms with E-state index < -0.39 is 48.4 Å². The Morgan fingerprint density at radius 1 is 1.00 bits per heavy atom. The van der Waals surface area contributed by atoms with Gasteiger partial charge in [-0.2, -0.15) is 0 Å². The lowest BCUT2D eigenvalue weighted by Crippen LogP contribution is -2.60. The normalized spacial score (nSPS) is 29.6. The first-order valence-electron chi connectivity index (χ1n) is 21.8. The van der Waals surface area contributed by atoms with Crippen LogP contribution in [0.2, 0.25) is 5.02 Å². The van der Waals surface area contributed by atoms with Crippen LogP contribution in [0.1, 0.15) is 92.8 Å². The van der Waals surface area contributed by atoms with Gasteiger partial charge in [0.2, 0.25) is 0 Å². The summed E-state index contributed by atoms with van der Waals surface area (Å²) in [5.74, 6) is -0.803. The highest BCUT2D eigenvalue weighted by molar-refractivity contribution is 6.30. The van der Waals surface area contributed by atoms with E-state index in [2.05, 4.69) is 42.1 Å². The van der Waals surface area contributed by atoms with Gasteiger partial charge in [0.15, 0.2) is 23.9 Å². The maximum atomic E-state index is 12.0. The molecule has 16 nitrogen and oxygen atoms in total. The number of aliphatic hydroxyl groups is 3. The molecule has 4 aliphatic rings. The van der Waals surface area contributed by atoms with Gasteiger partial charge in [-0.15, -0.1) is 0 Å². The summed E-state index contributed by atoms with van der Waals surface area (Å²) in [5.41, 5.74) is 3.71. The van der Waals surface area contributed by atoms with Crippen molar-refractivity contribution in [3.8, 4) is 11.5 Å². The summed E-state index contributed by atoms with van der Waals surface area (Å²) in [6.07, 6.45) is -4.87. The molecule has 17 heteroatoms. The summed E-state index contributed by atoms with van der Waals surface area (Å²) in [6, 6.07) is 12.2. The molecule has 2 aromatic heterocycles. The highest BCUT2D eigenvalue weighted by atomic mass is 35.5. The van der Waals surface area contributed by atoms with Crippen LogP contribution in [0.25, 0.3) is 11.0 Å². The average Bonchev–Trinajstić information content (AvgIpc) is 3.68. The van der Waals surface area contributed by atoms with Crippen LogP contribution in [0.5, 0.6) is 11.5 Å². The SMILES string of the molecule is CC(C)[C@H](C)[C@H](C)C1CC(c2c(CO[C@@H]3O[C@H](C(=O)O)[C@@H](O)[C@H](O)[C@H]3O)ccc3c2O[C@@](C)(c2ccc(Cl)cn2)O3)CCN(Cc2nc3ccc(C(=O)O)cc3n2CC2CCO2)C1. The number of hydrogen-bond acceptors (Lipinski definition) is 13. The number of fused-ring (bicyclic) bond motifs is 2. The minimum atomic E-state index is -1.86. The smallest absolute Gasteiger partial charge is 0.335 e. The highest BCUT2D eigenvalue weighted by Crippen LogP contribution is 2.52. The maximum absolute atomic E-state index is 12.0. The van der Waals surface area contributed by atoms with Gasteiger partial charge in [0.25, 0.3) is 5.79 Å². The number of pyridine rings is 1. The van der Waals surface area contributed by atoms with E-state index in [9.17, 15) is 35.1 Å². The Morgan fingerprint density at radius 3 is 2.44 bits per heavy atom. The van der Waals surface area contributed by atoms with E-state index in [1.54, 1.807) is 43.3 Å². The Bertz CT molecular complexity index is 2300. The van der Waals surface area contributed by atoms with Crippen LogP contribution in [0.3, 0.4) is 0 Å². The Labute approximate surface area is 370 Å². The summed E-state index contributed by atoms with van der Waals surface area (Å²) in [5, 5.41) is 51.8. The molecule has 3 saturated heterocycles. The summed E-state index contributed by atoms with van der Waals surface area (Å²) >= 11 is 6.21. The summed E-state index contributed by atoms with van der Waals surface area (Å²) < 4.78 is 32.9. The molecule has 63 heavy (non-hydrogen) atoms. The van der Waals surface area contributed by atoms with Gasteiger partial charge in [-0.1, -0.05) is 45.4 Å². The molecule has 8 rings (SSSR count). The largest absolute Gasteiger partial charge is 0.479 e. The van der Waals surface area contributed by atoms with Crippen LogP contribution in [-0.4, -0.2) is 113 Å². The maximum Gasteiger partial charge on any atom is 0.335 e. The van der Waals surface area contributed by atoms with Crippen molar-refractivity contribution in [2.45, 2.75) is 122 Å². The van der Waals surface area contributed by atoms with Crippen LogP contribution in [0, 0.1) is 23.7 Å². The van der Waals surface area contributed by atoms with E-state index in [0.717, 1.165) is 41.8 Å². The van der Waals surface area contributed by atoms with Crippen molar-refractivity contribution in [1.29, 1.82) is 0 Å². The molecule has 3 fully saturated rings. The average molecular weight is 893 g/mol. The third-order valence-corrected chi connectivity index (χ3v) is 14.0. The van der Waals surface area contributed by atoms with Gasteiger partial charge in [0.05, 0.1) is 47.4 Å². The van der Waals surface area contributed by atoms with Gasteiger partial charge < -0.3 is 53.8 Å². The van der Waals surface area contributed by atoms with Gasteiger partial charge in [0, 0.05) is 31.8 Å². The number of aliphatic carboxylic acids is 1. The molecular weight excluding hydrogens is 836 g/mol. The number of likely N-dealkylation sites (tertiary alicyclic amines) is 1. The van der Waals surface area contributed by atoms with E-state index >= 15 is 0 Å². The molecule has 3 unspecified atom stereocenters.